The van der Waals surface area contributed by atoms with Gasteiger partial charge in [0.05, 0.1) is 0 Å². The molecular weight excluding hydrogens is 338 g/mol. The molecule has 146 valence electrons. The molecule has 5 heteroatoms. The summed E-state index contributed by atoms with van der Waals surface area (Å²) >= 11 is 0. The summed E-state index contributed by atoms with van der Waals surface area (Å²) in [5.74, 6) is -1.11. The molecule has 3 atom stereocenters. The van der Waals surface area contributed by atoms with E-state index in [0.717, 1.165) is 36.0 Å². The Morgan fingerprint density at radius 3 is 2.22 bits per heavy atom. The highest BCUT2D eigenvalue weighted by Gasteiger charge is 2.44. The summed E-state index contributed by atoms with van der Waals surface area (Å²) in [5.41, 5.74) is 4.77. The topological polar surface area (TPSA) is 82.7 Å². The van der Waals surface area contributed by atoms with Crippen molar-refractivity contribution in [3.05, 3.63) is 34.4 Å². The van der Waals surface area contributed by atoms with Gasteiger partial charge in [-0.05, 0) is 54.9 Å². The molecule has 0 aromatic heterocycles. The second-order valence-electron chi connectivity index (χ2n) is 7.31. The van der Waals surface area contributed by atoms with Crippen molar-refractivity contribution in [3.8, 4) is 0 Å². The third kappa shape index (κ3) is 4.40. The number of nitrogens with zero attached hydrogens (tertiary/aromatic N) is 2. The molecule has 0 spiro atoms. The number of ketones is 2. The highest BCUT2D eigenvalue weighted by atomic mass is 16.2. The maximum Gasteiger partial charge on any atom is 0.151 e. The van der Waals surface area contributed by atoms with E-state index in [1.165, 1.54) is 5.56 Å². The quantitative estimate of drug-likeness (QED) is 0.416. The SMILES string of the molecule is CCc1cc(CC)c(C2C(=O)CC(CC(=N)C(C)N=NC)C2=O)c(CC)c1. The number of nitrogens with one attached hydrogen (secondary N) is 1. The molecule has 0 heterocycles. The van der Waals surface area contributed by atoms with E-state index < -0.39 is 11.8 Å². The first-order chi connectivity index (χ1) is 12.9. The average Bonchev–Trinajstić information content (AvgIpc) is 2.93. The molecule has 27 heavy (non-hydrogen) atoms. The fraction of sp³-hybridized carbons (Fsp3) is 0.591. The summed E-state index contributed by atoms with van der Waals surface area (Å²) in [6, 6.07) is 3.95. The number of hydrogen-bond donors (Lipinski definition) is 1. The number of azo groups is 1. The molecule has 1 aromatic carbocycles. The van der Waals surface area contributed by atoms with Gasteiger partial charge in [0.15, 0.2) is 5.78 Å². The molecular formula is C22H31N3O2. The molecule has 0 amide bonds. The number of hydrogen-bond acceptors (Lipinski definition) is 5. The highest BCUT2D eigenvalue weighted by Crippen LogP contribution is 2.38. The number of carbonyl (C=O) groups is 2. The van der Waals surface area contributed by atoms with Crippen LogP contribution in [-0.2, 0) is 28.9 Å². The van der Waals surface area contributed by atoms with Gasteiger partial charge in [0, 0.05) is 25.1 Å². The van der Waals surface area contributed by atoms with Gasteiger partial charge in [0.1, 0.15) is 17.7 Å². The minimum atomic E-state index is -0.665. The summed E-state index contributed by atoms with van der Waals surface area (Å²) in [5, 5.41) is 15.9. The molecule has 1 aromatic rings. The highest BCUT2D eigenvalue weighted by molar-refractivity contribution is 6.16. The van der Waals surface area contributed by atoms with Gasteiger partial charge >= 0.3 is 0 Å². The Morgan fingerprint density at radius 1 is 1.15 bits per heavy atom. The van der Waals surface area contributed by atoms with Crippen LogP contribution in [0.4, 0.5) is 0 Å². The summed E-state index contributed by atoms with van der Waals surface area (Å²) in [7, 11) is 1.57. The van der Waals surface area contributed by atoms with Gasteiger partial charge < -0.3 is 5.41 Å². The van der Waals surface area contributed by atoms with Crippen LogP contribution in [0, 0.1) is 11.3 Å². The van der Waals surface area contributed by atoms with Crippen LogP contribution in [0.5, 0.6) is 0 Å². The number of rotatable bonds is 8. The van der Waals surface area contributed by atoms with Gasteiger partial charge in [0.25, 0.3) is 0 Å². The van der Waals surface area contributed by atoms with Crippen LogP contribution in [0.25, 0.3) is 0 Å². The van der Waals surface area contributed by atoms with Crippen molar-refractivity contribution in [1.82, 2.24) is 0 Å². The van der Waals surface area contributed by atoms with E-state index >= 15 is 0 Å². The van der Waals surface area contributed by atoms with E-state index in [9.17, 15) is 9.59 Å². The van der Waals surface area contributed by atoms with E-state index in [4.69, 9.17) is 5.41 Å². The fourth-order valence-corrected chi connectivity index (χ4v) is 4.02. The lowest BCUT2D eigenvalue weighted by Gasteiger charge is -2.20. The molecule has 0 saturated heterocycles. The summed E-state index contributed by atoms with van der Waals surface area (Å²) in [6.07, 6.45) is 3.07. The van der Waals surface area contributed by atoms with Gasteiger partial charge in [-0.2, -0.15) is 10.2 Å². The largest absolute Gasteiger partial charge is 0.307 e. The van der Waals surface area contributed by atoms with Crippen molar-refractivity contribution >= 4 is 17.3 Å². The predicted molar refractivity (Wildman–Crippen MR) is 108 cm³/mol. The number of Topliss-reactive ketones (excluding diaryl/α,β-unsaturated/α-hetero) is 2. The minimum absolute atomic E-state index is 0.00350. The molecule has 1 aliphatic carbocycles. The third-order valence-corrected chi connectivity index (χ3v) is 5.59. The lowest BCUT2D eigenvalue weighted by molar-refractivity contribution is -0.124. The molecule has 3 unspecified atom stereocenters. The second kappa shape index (κ2) is 9.16. The molecule has 1 fully saturated rings. The van der Waals surface area contributed by atoms with Crippen LogP contribution in [-0.4, -0.2) is 30.4 Å². The van der Waals surface area contributed by atoms with Gasteiger partial charge in [-0.3, -0.25) is 9.59 Å². The van der Waals surface area contributed by atoms with E-state index in [-0.39, 0.29) is 30.4 Å². The van der Waals surface area contributed by atoms with Gasteiger partial charge in [-0.15, -0.1) is 0 Å². The Kier molecular flexibility index (Phi) is 7.17. The Labute approximate surface area is 162 Å². The maximum atomic E-state index is 13.2. The normalized spacial score (nSPS) is 21.2. The zero-order valence-corrected chi connectivity index (χ0v) is 17.1. The Morgan fingerprint density at radius 2 is 1.74 bits per heavy atom. The van der Waals surface area contributed by atoms with Crippen molar-refractivity contribution in [2.24, 2.45) is 16.1 Å². The molecule has 1 aliphatic rings. The maximum absolute atomic E-state index is 13.2. The molecule has 1 N–H and O–H groups in total. The fourth-order valence-electron chi connectivity index (χ4n) is 4.02. The van der Waals surface area contributed by atoms with E-state index in [0.29, 0.717) is 5.71 Å². The standard InChI is InChI=1S/C22H31N3O2/c1-6-14-9-15(7-2)20(16(8-3)10-14)21-19(26)12-17(22(21)27)11-18(23)13(4)25-24-5/h9-10,13,17,21,23H,6-8,11-12H2,1-5H3. The van der Waals surface area contributed by atoms with E-state index in [2.05, 4.69) is 43.1 Å². The smallest absolute Gasteiger partial charge is 0.151 e. The second-order valence-corrected chi connectivity index (χ2v) is 7.31. The van der Waals surface area contributed by atoms with Crippen LogP contribution in [0.2, 0.25) is 0 Å². The van der Waals surface area contributed by atoms with Crippen molar-refractivity contribution in [3.63, 3.8) is 0 Å². The van der Waals surface area contributed by atoms with Crippen LogP contribution in [0.15, 0.2) is 22.4 Å². The first-order valence-corrected chi connectivity index (χ1v) is 9.94. The summed E-state index contributed by atoms with van der Waals surface area (Å²) < 4.78 is 0. The molecule has 0 bridgehead atoms. The average molecular weight is 370 g/mol. The molecule has 0 aliphatic heterocycles. The van der Waals surface area contributed by atoms with Crippen molar-refractivity contribution in [2.45, 2.75) is 71.8 Å². The number of aryl methyl sites for hydroxylation is 3. The summed E-state index contributed by atoms with van der Waals surface area (Å²) in [6.45, 7) is 8.07. The van der Waals surface area contributed by atoms with Crippen LogP contribution in [0.3, 0.4) is 0 Å². The van der Waals surface area contributed by atoms with Gasteiger partial charge in [0.2, 0.25) is 0 Å². The van der Waals surface area contributed by atoms with Gasteiger partial charge in [-0.1, -0.05) is 32.9 Å². The predicted octanol–water partition coefficient (Wildman–Crippen LogP) is 4.50. The van der Waals surface area contributed by atoms with Crippen LogP contribution in [0.1, 0.15) is 68.7 Å². The van der Waals surface area contributed by atoms with E-state index in [1.807, 2.05) is 0 Å². The van der Waals surface area contributed by atoms with Crippen LogP contribution < -0.4 is 0 Å². The van der Waals surface area contributed by atoms with Crippen LogP contribution >= 0.6 is 0 Å². The molecule has 0 radical (unpaired) electrons. The number of carbonyl (C=O) groups excluding carboxylic acids is 2. The molecule has 2 rings (SSSR count). The Balaban J connectivity index is 2.36. The minimum Gasteiger partial charge on any atom is -0.307 e. The Hall–Kier alpha value is -2.17. The lowest BCUT2D eigenvalue weighted by Crippen LogP contribution is -2.23. The lowest BCUT2D eigenvalue weighted by atomic mass is 9.83. The zero-order valence-electron chi connectivity index (χ0n) is 17.1. The summed E-state index contributed by atoms with van der Waals surface area (Å²) in [4.78, 5) is 26.0. The first-order valence-electron chi connectivity index (χ1n) is 9.94. The monoisotopic (exact) mass is 369 g/mol. The van der Waals surface area contributed by atoms with Crippen molar-refractivity contribution in [2.75, 3.05) is 7.05 Å². The molecule has 1 saturated carbocycles. The number of benzene rings is 1. The molecule has 5 nitrogen and oxygen atoms in total. The first kappa shape index (κ1) is 21.1. The van der Waals surface area contributed by atoms with Gasteiger partial charge in [-0.25, -0.2) is 0 Å². The van der Waals surface area contributed by atoms with E-state index in [1.54, 1.807) is 14.0 Å². The van der Waals surface area contributed by atoms with Crippen molar-refractivity contribution in [1.29, 1.82) is 5.41 Å². The van der Waals surface area contributed by atoms with Crippen molar-refractivity contribution < 1.29 is 9.59 Å². The Bertz CT molecular complexity index is 742. The third-order valence-electron chi connectivity index (χ3n) is 5.59. The zero-order chi connectivity index (χ0) is 20.1.